The summed E-state index contributed by atoms with van der Waals surface area (Å²) in [5, 5.41) is 5.52. The molecule has 136 valence electrons. The number of carbonyl (C=O) groups excluding carboxylic acids is 2. The standard InChI is InChI=1S/C17H22ClFN4O2/c1-11(16(24)20-12-5-6-12)22-7-9-23(10-8-22)17(25)21-14-4-2-3-13(18)15(14)19/h2-4,11-12H,5-10H2,1H3,(H,20,24)(H,21,25). The summed E-state index contributed by atoms with van der Waals surface area (Å²) in [6.07, 6.45) is 2.12. The molecule has 0 radical (unpaired) electrons. The number of carbonyl (C=O) groups is 2. The minimum Gasteiger partial charge on any atom is -0.352 e. The maximum Gasteiger partial charge on any atom is 0.322 e. The highest BCUT2D eigenvalue weighted by atomic mass is 35.5. The fourth-order valence-corrected chi connectivity index (χ4v) is 3.00. The number of amides is 3. The van der Waals surface area contributed by atoms with Gasteiger partial charge in [0, 0.05) is 32.2 Å². The molecule has 3 rings (SSSR count). The molecule has 1 aromatic rings. The quantitative estimate of drug-likeness (QED) is 0.857. The first-order chi connectivity index (χ1) is 12.0. The molecule has 0 spiro atoms. The normalized spacial score (nSPS) is 19.4. The minimum atomic E-state index is -0.637. The summed E-state index contributed by atoms with van der Waals surface area (Å²) in [6, 6.07) is 4.25. The Morgan fingerprint density at radius 2 is 1.92 bits per heavy atom. The number of hydrogen-bond acceptors (Lipinski definition) is 3. The van der Waals surface area contributed by atoms with E-state index in [4.69, 9.17) is 11.6 Å². The predicted octanol–water partition coefficient (Wildman–Crippen LogP) is 2.30. The first kappa shape index (κ1) is 17.9. The van der Waals surface area contributed by atoms with Gasteiger partial charge in [0.25, 0.3) is 0 Å². The van der Waals surface area contributed by atoms with E-state index in [1.807, 2.05) is 6.92 Å². The van der Waals surface area contributed by atoms with E-state index in [1.165, 1.54) is 12.1 Å². The molecular formula is C17H22ClFN4O2. The van der Waals surface area contributed by atoms with Crippen molar-refractivity contribution in [3.8, 4) is 0 Å². The lowest BCUT2D eigenvalue weighted by Gasteiger charge is -2.37. The average Bonchev–Trinajstić information content (AvgIpc) is 3.42. The van der Waals surface area contributed by atoms with Gasteiger partial charge >= 0.3 is 6.03 Å². The SMILES string of the molecule is CC(C(=O)NC1CC1)N1CCN(C(=O)Nc2cccc(Cl)c2F)CC1. The molecule has 1 atom stereocenters. The van der Waals surface area contributed by atoms with Crippen molar-refractivity contribution in [3.05, 3.63) is 29.0 Å². The molecule has 0 aromatic heterocycles. The zero-order valence-corrected chi connectivity index (χ0v) is 14.9. The van der Waals surface area contributed by atoms with Crippen LogP contribution < -0.4 is 10.6 Å². The van der Waals surface area contributed by atoms with Gasteiger partial charge in [0.1, 0.15) is 0 Å². The van der Waals surface area contributed by atoms with Gasteiger partial charge in [0.2, 0.25) is 5.91 Å². The van der Waals surface area contributed by atoms with Crippen LogP contribution in [0.5, 0.6) is 0 Å². The van der Waals surface area contributed by atoms with Crippen LogP contribution in [0, 0.1) is 5.82 Å². The predicted molar refractivity (Wildman–Crippen MR) is 94.2 cm³/mol. The topological polar surface area (TPSA) is 64.7 Å². The van der Waals surface area contributed by atoms with Gasteiger partial charge in [0.05, 0.1) is 16.8 Å². The number of hydrogen-bond donors (Lipinski definition) is 2. The molecule has 1 heterocycles. The van der Waals surface area contributed by atoms with Crippen molar-refractivity contribution in [2.75, 3.05) is 31.5 Å². The molecule has 1 saturated heterocycles. The molecule has 0 bridgehead atoms. The Morgan fingerprint density at radius 1 is 1.24 bits per heavy atom. The zero-order chi connectivity index (χ0) is 18.0. The lowest BCUT2D eigenvalue weighted by atomic mass is 10.2. The van der Waals surface area contributed by atoms with Gasteiger partial charge in [0.15, 0.2) is 5.82 Å². The van der Waals surface area contributed by atoms with E-state index in [2.05, 4.69) is 15.5 Å². The van der Waals surface area contributed by atoms with E-state index in [1.54, 1.807) is 11.0 Å². The molecule has 1 unspecified atom stereocenters. The number of rotatable bonds is 4. The number of piperazine rings is 1. The molecular weight excluding hydrogens is 347 g/mol. The number of anilines is 1. The van der Waals surface area contributed by atoms with Gasteiger partial charge in [-0.25, -0.2) is 9.18 Å². The summed E-state index contributed by atoms with van der Waals surface area (Å²) in [7, 11) is 0. The van der Waals surface area contributed by atoms with Crippen molar-refractivity contribution in [3.63, 3.8) is 0 Å². The second-order valence-corrected chi connectivity index (χ2v) is 6.92. The maximum absolute atomic E-state index is 13.9. The van der Waals surface area contributed by atoms with Crippen LogP contribution in [0.1, 0.15) is 19.8 Å². The summed E-state index contributed by atoms with van der Waals surface area (Å²) in [4.78, 5) is 28.1. The van der Waals surface area contributed by atoms with Crippen LogP contribution in [-0.4, -0.2) is 60.0 Å². The Hall–Kier alpha value is -1.86. The van der Waals surface area contributed by atoms with Crippen molar-refractivity contribution in [2.24, 2.45) is 0 Å². The van der Waals surface area contributed by atoms with Crippen LogP contribution in [0.4, 0.5) is 14.9 Å². The highest BCUT2D eigenvalue weighted by Gasteiger charge is 2.31. The summed E-state index contributed by atoms with van der Waals surface area (Å²) in [5.74, 6) is -0.595. The van der Waals surface area contributed by atoms with Crippen molar-refractivity contribution >= 4 is 29.2 Å². The molecule has 8 heteroatoms. The van der Waals surface area contributed by atoms with Crippen LogP contribution >= 0.6 is 11.6 Å². The highest BCUT2D eigenvalue weighted by Crippen LogP contribution is 2.22. The molecule has 1 aliphatic carbocycles. The van der Waals surface area contributed by atoms with Gasteiger partial charge in [-0.2, -0.15) is 0 Å². The number of nitrogens with zero attached hydrogens (tertiary/aromatic N) is 2. The van der Waals surface area contributed by atoms with Gasteiger partial charge in [-0.05, 0) is 31.9 Å². The molecule has 2 fully saturated rings. The Balaban J connectivity index is 1.50. The largest absolute Gasteiger partial charge is 0.352 e. The van der Waals surface area contributed by atoms with Gasteiger partial charge in [-0.15, -0.1) is 0 Å². The minimum absolute atomic E-state index is 0.0295. The Bertz CT molecular complexity index is 660. The fourth-order valence-electron chi connectivity index (χ4n) is 2.82. The smallest absolute Gasteiger partial charge is 0.322 e. The number of benzene rings is 1. The van der Waals surface area contributed by atoms with Crippen LogP contribution in [0.2, 0.25) is 5.02 Å². The van der Waals surface area contributed by atoms with Crippen LogP contribution in [-0.2, 0) is 4.79 Å². The van der Waals surface area contributed by atoms with Crippen LogP contribution in [0.25, 0.3) is 0 Å². The molecule has 6 nitrogen and oxygen atoms in total. The molecule has 25 heavy (non-hydrogen) atoms. The van der Waals surface area contributed by atoms with Crippen molar-refractivity contribution in [1.29, 1.82) is 0 Å². The van der Waals surface area contributed by atoms with E-state index in [0.717, 1.165) is 12.8 Å². The number of nitrogens with one attached hydrogen (secondary N) is 2. The summed E-state index contributed by atoms with van der Waals surface area (Å²) in [5.41, 5.74) is 0.0668. The third kappa shape index (κ3) is 4.41. The van der Waals surface area contributed by atoms with E-state index in [-0.39, 0.29) is 28.7 Å². The zero-order valence-electron chi connectivity index (χ0n) is 14.1. The molecule has 1 aliphatic heterocycles. The highest BCUT2D eigenvalue weighted by molar-refractivity contribution is 6.31. The molecule has 3 amide bonds. The van der Waals surface area contributed by atoms with Crippen LogP contribution in [0.15, 0.2) is 18.2 Å². The monoisotopic (exact) mass is 368 g/mol. The van der Waals surface area contributed by atoms with Crippen molar-refractivity contribution in [2.45, 2.75) is 31.8 Å². The molecule has 1 saturated carbocycles. The van der Waals surface area contributed by atoms with Gasteiger partial charge in [-0.1, -0.05) is 17.7 Å². The lowest BCUT2D eigenvalue weighted by Crippen LogP contribution is -2.55. The lowest BCUT2D eigenvalue weighted by molar-refractivity contribution is -0.126. The fraction of sp³-hybridized carbons (Fsp3) is 0.529. The Labute approximate surface area is 151 Å². The third-order valence-corrected chi connectivity index (χ3v) is 4.94. The first-order valence-electron chi connectivity index (χ1n) is 8.50. The second kappa shape index (κ2) is 7.58. The van der Waals surface area contributed by atoms with E-state index >= 15 is 0 Å². The van der Waals surface area contributed by atoms with Crippen molar-refractivity contribution in [1.82, 2.24) is 15.1 Å². The Morgan fingerprint density at radius 3 is 2.56 bits per heavy atom. The second-order valence-electron chi connectivity index (χ2n) is 6.51. The molecule has 2 aliphatic rings. The van der Waals surface area contributed by atoms with Crippen LogP contribution in [0.3, 0.4) is 0 Å². The summed E-state index contributed by atoms with van der Waals surface area (Å²) in [6.45, 7) is 4.05. The van der Waals surface area contributed by atoms with Gasteiger partial charge < -0.3 is 15.5 Å². The summed E-state index contributed by atoms with van der Waals surface area (Å²) >= 11 is 5.72. The van der Waals surface area contributed by atoms with Crippen molar-refractivity contribution < 1.29 is 14.0 Å². The number of halogens is 2. The molecule has 1 aromatic carbocycles. The first-order valence-corrected chi connectivity index (χ1v) is 8.88. The average molecular weight is 369 g/mol. The van der Waals surface area contributed by atoms with E-state index < -0.39 is 5.82 Å². The van der Waals surface area contributed by atoms with E-state index in [9.17, 15) is 14.0 Å². The third-order valence-electron chi connectivity index (χ3n) is 4.65. The van der Waals surface area contributed by atoms with E-state index in [0.29, 0.717) is 32.2 Å². The summed E-state index contributed by atoms with van der Waals surface area (Å²) < 4.78 is 13.9. The number of urea groups is 1. The Kier molecular flexibility index (Phi) is 5.44. The molecule has 2 N–H and O–H groups in total. The van der Waals surface area contributed by atoms with Gasteiger partial charge in [-0.3, -0.25) is 9.69 Å². The maximum atomic E-state index is 13.9.